The summed E-state index contributed by atoms with van der Waals surface area (Å²) in [6, 6.07) is 0. The first-order chi connectivity index (χ1) is 8.80. The van der Waals surface area contributed by atoms with Gasteiger partial charge in [0.25, 0.3) is 5.56 Å². The van der Waals surface area contributed by atoms with Crippen LogP contribution in [0.4, 0.5) is 0 Å². The molecule has 1 aromatic heterocycles. The van der Waals surface area contributed by atoms with Gasteiger partial charge in [0, 0.05) is 25.2 Å². The van der Waals surface area contributed by atoms with Crippen molar-refractivity contribution in [1.82, 2.24) is 9.13 Å². The molecule has 19 heavy (non-hydrogen) atoms. The fourth-order valence-electron chi connectivity index (χ4n) is 2.22. The van der Waals surface area contributed by atoms with E-state index in [0.717, 1.165) is 10.1 Å². The molecule has 2 atom stereocenters. The van der Waals surface area contributed by atoms with Gasteiger partial charge in [0.1, 0.15) is 11.8 Å². The van der Waals surface area contributed by atoms with Gasteiger partial charge in [0.05, 0.1) is 0 Å². The lowest BCUT2D eigenvalue weighted by Crippen LogP contribution is -2.40. The van der Waals surface area contributed by atoms with E-state index in [2.05, 4.69) is 13.2 Å². The Labute approximate surface area is 111 Å². The molecule has 1 saturated heterocycles. The highest BCUT2D eigenvalue weighted by Crippen LogP contribution is 2.39. The Morgan fingerprint density at radius 1 is 1.53 bits per heavy atom. The van der Waals surface area contributed by atoms with Crippen molar-refractivity contribution in [3.05, 3.63) is 57.4 Å². The maximum Gasteiger partial charge on any atom is 0.332 e. The van der Waals surface area contributed by atoms with E-state index in [0.29, 0.717) is 12.0 Å². The molecule has 2 rings (SSSR count). The zero-order chi connectivity index (χ0) is 14.4. The number of aryl methyl sites for hydroxylation is 1. The van der Waals surface area contributed by atoms with Gasteiger partial charge in [0.15, 0.2) is 0 Å². The van der Waals surface area contributed by atoms with E-state index >= 15 is 0 Å². The Balaban J connectivity index is 2.52. The zero-order valence-corrected chi connectivity index (χ0v) is 11.5. The summed E-state index contributed by atoms with van der Waals surface area (Å²) >= 11 is 0. The Bertz CT molecular complexity index is 668. The van der Waals surface area contributed by atoms with Crippen LogP contribution in [0.1, 0.15) is 25.1 Å². The molecule has 0 aromatic carbocycles. The zero-order valence-electron chi connectivity index (χ0n) is 11.5. The average molecular weight is 262 g/mol. The van der Waals surface area contributed by atoms with Gasteiger partial charge in [-0.2, -0.15) is 0 Å². The summed E-state index contributed by atoms with van der Waals surface area (Å²) in [5, 5.41) is 0. The van der Waals surface area contributed by atoms with Gasteiger partial charge >= 0.3 is 5.69 Å². The number of aromatic nitrogens is 2. The summed E-state index contributed by atoms with van der Waals surface area (Å²) in [4.78, 5) is 23.8. The SMILES string of the molecule is C=CC1(C)OC(n2cc(C)c(=O)n(C)c2=O)CC1=C. The minimum absolute atomic E-state index is 0.287. The third kappa shape index (κ3) is 2.00. The summed E-state index contributed by atoms with van der Waals surface area (Å²) in [5.74, 6) is 0. The number of nitrogens with zero attached hydrogens (tertiary/aromatic N) is 2. The predicted molar refractivity (Wildman–Crippen MR) is 73.2 cm³/mol. The molecule has 1 fully saturated rings. The first-order valence-corrected chi connectivity index (χ1v) is 6.08. The first-order valence-electron chi connectivity index (χ1n) is 6.08. The van der Waals surface area contributed by atoms with Gasteiger partial charge in [-0.3, -0.25) is 13.9 Å². The highest BCUT2D eigenvalue weighted by atomic mass is 16.5. The molecule has 102 valence electrons. The van der Waals surface area contributed by atoms with Crippen molar-refractivity contribution in [1.29, 1.82) is 0 Å². The topological polar surface area (TPSA) is 53.2 Å². The molecular formula is C14H18N2O3. The highest BCUT2D eigenvalue weighted by Gasteiger charge is 2.38. The van der Waals surface area contributed by atoms with Crippen LogP contribution in [-0.2, 0) is 11.8 Å². The molecule has 1 aromatic rings. The fraction of sp³-hybridized carbons (Fsp3) is 0.429. The van der Waals surface area contributed by atoms with E-state index in [4.69, 9.17) is 4.74 Å². The molecule has 0 saturated carbocycles. The van der Waals surface area contributed by atoms with Crippen LogP contribution in [0.15, 0.2) is 40.6 Å². The molecule has 0 N–H and O–H groups in total. The Morgan fingerprint density at radius 2 is 2.16 bits per heavy atom. The predicted octanol–water partition coefficient (Wildman–Crippen LogP) is 1.28. The van der Waals surface area contributed by atoms with Crippen molar-refractivity contribution in [2.45, 2.75) is 32.1 Å². The molecule has 5 nitrogen and oxygen atoms in total. The Kier molecular flexibility index (Phi) is 3.10. The molecule has 1 aliphatic heterocycles. The number of hydrogen-bond donors (Lipinski definition) is 0. The summed E-state index contributed by atoms with van der Waals surface area (Å²) < 4.78 is 8.39. The number of hydrogen-bond acceptors (Lipinski definition) is 3. The minimum atomic E-state index is -0.632. The highest BCUT2D eigenvalue weighted by molar-refractivity contribution is 5.24. The van der Waals surface area contributed by atoms with E-state index < -0.39 is 11.8 Å². The molecule has 1 aliphatic rings. The second kappa shape index (κ2) is 4.35. The third-order valence-corrected chi connectivity index (χ3v) is 3.69. The summed E-state index contributed by atoms with van der Waals surface area (Å²) in [7, 11) is 1.46. The smallest absolute Gasteiger partial charge is 0.332 e. The van der Waals surface area contributed by atoms with Crippen LogP contribution in [0.2, 0.25) is 0 Å². The molecule has 0 bridgehead atoms. The van der Waals surface area contributed by atoms with Crippen LogP contribution in [-0.4, -0.2) is 14.7 Å². The molecule has 2 heterocycles. The third-order valence-electron chi connectivity index (χ3n) is 3.69. The molecule has 0 amide bonds. The van der Waals surface area contributed by atoms with Crippen LogP contribution in [0.5, 0.6) is 0 Å². The van der Waals surface area contributed by atoms with Crippen LogP contribution < -0.4 is 11.2 Å². The van der Waals surface area contributed by atoms with Gasteiger partial charge in [0.2, 0.25) is 0 Å². The maximum atomic E-state index is 12.1. The summed E-state index contributed by atoms with van der Waals surface area (Å²) in [6.45, 7) is 11.2. The van der Waals surface area contributed by atoms with Crippen molar-refractivity contribution in [2.75, 3.05) is 0 Å². The first kappa shape index (κ1) is 13.5. The molecule has 5 heteroatoms. The van der Waals surface area contributed by atoms with Crippen molar-refractivity contribution in [3.63, 3.8) is 0 Å². The van der Waals surface area contributed by atoms with Gasteiger partial charge < -0.3 is 4.74 Å². The lowest BCUT2D eigenvalue weighted by Gasteiger charge is -2.22. The largest absolute Gasteiger partial charge is 0.343 e. The van der Waals surface area contributed by atoms with E-state index in [-0.39, 0.29) is 11.2 Å². The molecule has 0 spiro atoms. The second-order valence-electron chi connectivity index (χ2n) is 5.06. The number of ether oxygens (including phenoxy) is 1. The standard InChI is InChI=1S/C14H18N2O3/c1-6-14(4)10(3)7-11(19-14)16-8-9(2)12(17)15(5)13(16)18/h6,8,11H,1,3,7H2,2,4-5H3. The van der Waals surface area contributed by atoms with Gasteiger partial charge in [-0.25, -0.2) is 4.79 Å². The molecule has 2 unspecified atom stereocenters. The van der Waals surface area contributed by atoms with Crippen LogP contribution >= 0.6 is 0 Å². The van der Waals surface area contributed by atoms with Crippen molar-refractivity contribution in [2.24, 2.45) is 7.05 Å². The van der Waals surface area contributed by atoms with E-state index in [1.165, 1.54) is 17.8 Å². The summed E-state index contributed by atoms with van der Waals surface area (Å²) in [6.07, 6.45) is 3.29. The van der Waals surface area contributed by atoms with Crippen LogP contribution in [0.25, 0.3) is 0 Å². The van der Waals surface area contributed by atoms with Crippen molar-refractivity contribution < 1.29 is 4.74 Å². The number of rotatable bonds is 2. The van der Waals surface area contributed by atoms with E-state index in [1.54, 1.807) is 13.0 Å². The maximum absolute atomic E-state index is 12.1. The van der Waals surface area contributed by atoms with Gasteiger partial charge in [-0.1, -0.05) is 19.2 Å². The monoisotopic (exact) mass is 262 g/mol. The average Bonchev–Trinajstić information content (AvgIpc) is 2.68. The normalized spacial score (nSPS) is 26.7. The van der Waals surface area contributed by atoms with Gasteiger partial charge in [-0.15, -0.1) is 0 Å². The molecular weight excluding hydrogens is 244 g/mol. The Morgan fingerprint density at radius 3 is 2.68 bits per heavy atom. The van der Waals surface area contributed by atoms with Gasteiger partial charge in [-0.05, 0) is 19.4 Å². The Hall–Kier alpha value is -1.88. The second-order valence-corrected chi connectivity index (χ2v) is 5.06. The molecule has 0 radical (unpaired) electrons. The molecule has 0 aliphatic carbocycles. The quantitative estimate of drug-likeness (QED) is 0.754. The lowest BCUT2D eigenvalue weighted by atomic mass is 9.98. The van der Waals surface area contributed by atoms with Crippen LogP contribution in [0.3, 0.4) is 0 Å². The lowest BCUT2D eigenvalue weighted by molar-refractivity contribution is -0.0282. The van der Waals surface area contributed by atoms with Crippen molar-refractivity contribution >= 4 is 0 Å². The van der Waals surface area contributed by atoms with Crippen molar-refractivity contribution in [3.8, 4) is 0 Å². The van der Waals surface area contributed by atoms with E-state index in [1.807, 2.05) is 6.92 Å². The fourth-order valence-corrected chi connectivity index (χ4v) is 2.22. The van der Waals surface area contributed by atoms with Crippen LogP contribution in [0, 0.1) is 6.92 Å². The van der Waals surface area contributed by atoms with E-state index in [9.17, 15) is 9.59 Å². The minimum Gasteiger partial charge on any atom is -0.343 e. The summed E-state index contributed by atoms with van der Waals surface area (Å²) in [5.41, 5.74) is 0.0629.